The largest absolute Gasteiger partial charge is 0.500 e. The maximum Gasteiger partial charge on any atom is 0.500 e. The molecule has 0 saturated heterocycles. The van der Waals surface area contributed by atoms with Crippen LogP contribution in [0.5, 0.6) is 0 Å². The number of hydrogen-bond donors (Lipinski definition) is 1. The summed E-state index contributed by atoms with van der Waals surface area (Å²) in [5.74, 6) is 0.188. The molecule has 0 aromatic heterocycles. The number of alkyl carbamates (subject to hydrolysis) is 1. The first kappa shape index (κ1) is 36.0. The summed E-state index contributed by atoms with van der Waals surface area (Å²) in [4.78, 5) is 23.4. The number of unbranched alkanes of at least 4 members (excludes halogenated alkanes) is 3. The summed E-state index contributed by atoms with van der Waals surface area (Å²) >= 11 is 0. The molecule has 1 saturated carbocycles. The molecular weight excluding hydrogens is 554 g/mol. The molecule has 42 heavy (non-hydrogen) atoms. The minimum Gasteiger partial charge on any atom is -0.466 e. The minimum absolute atomic E-state index is 0.333. The number of hydrogen-bond acceptors (Lipinski definition) is 8. The van der Waals surface area contributed by atoms with E-state index in [1.807, 2.05) is 26.8 Å². The van der Waals surface area contributed by atoms with Gasteiger partial charge in [0.15, 0.2) is 0 Å². The number of carbonyl (C=O) groups excluding carboxylic acids is 2. The van der Waals surface area contributed by atoms with Crippen LogP contribution in [0.2, 0.25) is 6.04 Å². The van der Waals surface area contributed by atoms with E-state index in [0.717, 1.165) is 63.5 Å². The highest BCUT2D eigenvalue weighted by Gasteiger charge is 2.39. The Morgan fingerprint density at radius 2 is 1.57 bits per heavy atom. The van der Waals surface area contributed by atoms with Gasteiger partial charge in [0.05, 0.1) is 19.8 Å². The van der Waals surface area contributed by atoms with Crippen LogP contribution in [0.4, 0.5) is 4.79 Å². The normalized spacial score (nSPS) is 17.3. The zero-order valence-corrected chi connectivity index (χ0v) is 27.2. The van der Waals surface area contributed by atoms with Crippen LogP contribution in [0.3, 0.4) is 0 Å². The van der Waals surface area contributed by atoms with Crippen LogP contribution in [0.15, 0.2) is 30.3 Å². The Balaban J connectivity index is 1.50. The summed E-state index contributed by atoms with van der Waals surface area (Å²) in [6.07, 6.45) is 12.2. The third-order valence-electron chi connectivity index (χ3n) is 7.32. The van der Waals surface area contributed by atoms with Crippen LogP contribution in [0.25, 0.3) is 6.08 Å². The summed E-state index contributed by atoms with van der Waals surface area (Å²) in [5.41, 5.74) is 2.34. The van der Waals surface area contributed by atoms with Gasteiger partial charge in [0.25, 0.3) is 0 Å². The molecule has 1 amide bonds. The molecule has 0 radical (unpaired) electrons. The van der Waals surface area contributed by atoms with Gasteiger partial charge in [0.1, 0.15) is 0 Å². The van der Waals surface area contributed by atoms with E-state index in [2.05, 4.69) is 28.3 Å². The molecule has 0 unspecified atom stereocenters. The topological polar surface area (TPSA) is 102 Å². The van der Waals surface area contributed by atoms with Crippen molar-refractivity contribution in [1.82, 2.24) is 5.32 Å². The van der Waals surface area contributed by atoms with Crippen LogP contribution in [0, 0.1) is 0 Å². The molecule has 10 heteroatoms. The smallest absolute Gasteiger partial charge is 0.466 e. The molecule has 1 aliphatic carbocycles. The fourth-order valence-corrected chi connectivity index (χ4v) is 7.84. The van der Waals surface area contributed by atoms with E-state index in [0.29, 0.717) is 57.5 Å². The van der Waals surface area contributed by atoms with Crippen LogP contribution >= 0.6 is 0 Å². The van der Waals surface area contributed by atoms with Gasteiger partial charge in [-0.1, -0.05) is 30.7 Å². The molecule has 1 aromatic carbocycles. The summed E-state index contributed by atoms with van der Waals surface area (Å²) in [5, 5.41) is 2.81. The zero-order valence-electron chi connectivity index (χ0n) is 26.2. The lowest BCUT2D eigenvalue weighted by Gasteiger charge is -2.29. The zero-order chi connectivity index (χ0) is 30.5. The van der Waals surface area contributed by atoms with E-state index in [1.54, 1.807) is 6.08 Å². The predicted molar refractivity (Wildman–Crippen MR) is 166 cm³/mol. The maximum atomic E-state index is 12.0. The lowest BCUT2D eigenvalue weighted by Crippen LogP contribution is -2.46. The maximum absolute atomic E-state index is 12.0. The van der Waals surface area contributed by atoms with Crippen LogP contribution < -0.4 is 5.32 Å². The second kappa shape index (κ2) is 21.4. The van der Waals surface area contributed by atoms with Crippen molar-refractivity contribution >= 4 is 26.9 Å². The molecule has 0 bridgehead atoms. The van der Waals surface area contributed by atoms with Crippen molar-refractivity contribution in [2.45, 2.75) is 96.6 Å². The Morgan fingerprint density at radius 1 is 0.905 bits per heavy atom. The molecule has 0 spiro atoms. The van der Waals surface area contributed by atoms with Gasteiger partial charge in [0, 0.05) is 45.1 Å². The Morgan fingerprint density at radius 3 is 2.21 bits per heavy atom. The van der Waals surface area contributed by atoms with Gasteiger partial charge in [-0.3, -0.25) is 0 Å². The Hall–Kier alpha value is -2.24. The van der Waals surface area contributed by atoms with Gasteiger partial charge in [-0.25, -0.2) is 9.59 Å². The van der Waals surface area contributed by atoms with E-state index in [-0.39, 0.29) is 12.1 Å². The number of ether oxygens (including phenoxy) is 3. The van der Waals surface area contributed by atoms with Gasteiger partial charge < -0.3 is 32.8 Å². The van der Waals surface area contributed by atoms with Gasteiger partial charge in [0.2, 0.25) is 0 Å². The van der Waals surface area contributed by atoms with E-state index in [1.165, 1.54) is 18.7 Å². The average molecular weight is 608 g/mol. The van der Waals surface area contributed by atoms with Crippen LogP contribution in [-0.4, -0.2) is 73.7 Å². The van der Waals surface area contributed by atoms with Crippen molar-refractivity contribution in [2.75, 3.05) is 46.7 Å². The first-order valence-corrected chi connectivity index (χ1v) is 17.7. The molecule has 1 N–H and O–H groups in total. The lowest BCUT2D eigenvalue weighted by atomic mass is 9.82. The molecule has 9 nitrogen and oxygen atoms in total. The standard InChI is InChI=1S/C32H53NO8Si/c1-5-39-42(40-6-2,41-7-3)25-13-22-33-32(35)38-24-11-9-8-10-23-37-30-19-17-28(18-20-30)29-15-12-14-27(26-29)16-21-31(34)36-4/h12,14-16,21,26,28,30H,5-11,13,17-20,22-25H2,1-4H3,(H,33,35). The van der Waals surface area contributed by atoms with Crippen molar-refractivity contribution < 1.29 is 37.1 Å². The van der Waals surface area contributed by atoms with Gasteiger partial charge in [-0.2, -0.15) is 0 Å². The van der Waals surface area contributed by atoms with Gasteiger partial charge in [-0.05, 0) is 95.3 Å². The summed E-state index contributed by atoms with van der Waals surface area (Å²) in [7, 11) is -1.28. The number of methoxy groups -OCH3 is 1. The number of rotatable bonds is 21. The van der Waals surface area contributed by atoms with E-state index >= 15 is 0 Å². The van der Waals surface area contributed by atoms with Crippen molar-refractivity contribution in [3.05, 3.63) is 41.5 Å². The molecule has 0 heterocycles. The summed E-state index contributed by atoms with van der Waals surface area (Å²) in [6.45, 7) is 9.15. The molecule has 0 atom stereocenters. The Labute approximate surface area is 254 Å². The fraction of sp³-hybridized carbons (Fsp3) is 0.688. The minimum atomic E-state index is -2.67. The monoisotopic (exact) mass is 607 g/mol. The van der Waals surface area contributed by atoms with Crippen molar-refractivity contribution in [1.29, 1.82) is 0 Å². The van der Waals surface area contributed by atoms with Crippen LogP contribution in [0.1, 0.15) is 95.6 Å². The van der Waals surface area contributed by atoms with E-state index < -0.39 is 8.80 Å². The molecule has 1 fully saturated rings. The van der Waals surface area contributed by atoms with Gasteiger partial charge >= 0.3 is 20.9 Å². The third kappa shape index (κ3) is 14.3. The highest BCUT2D eigenvalue weighted by Crippen LogP contribution is 2.34. The molecular formula is C32H53NO8Si. The summed E-state index contributed by atoms with van der Waals surface area (Å²) in [6, 6.07) is 9.06. The highest BCUT2D eigenvalue weighted by molar-refractivity contribution is 6.60. The van der Waals surface area contributed by atoms with Crippen molar-refractivity contribution in [2.24, 2.45) is 0 Å². The van der Waals surface area contributed by atoms with E-state index in [4.69, 9.17) is 22.8 Å². The molecule has 238 valence electrons. The first-order chi connectivity index (χ1) is 20.4. The molecule has 1 aliphatic rings. The van der Waals surface area contributed by atoms with Crippen LogP contribution in [-0.2, 0) is 32.3 Å². The molecule has 1 aromatic rings. The van der Waals surface area contributed by atoms with Gasteiger partial charge in [-0.15, -0.1) is 0 Å². The highest BCUT2D eigenvalue weighted by atomic mass is 28.4. The number of esters is 1. The quantitative estimate of drug-likeness (QED) is 0.0718. The third-order valence-corrected chi connectivity index (χ3v) is 10.5. The summed E-state index contributed by atoms with van der Waals surface area (Å²) < 4.78 is 33.7. The Bertz CT molecular complexity index is 903. The Kier molecular flexibility index (Phi) is 18.4. The second-order valence-corrected chi connectivity index (χ2v) is 13.2. The number of carbonyl (C=O) groups is 2. The van der Waals surface area contributed by atoms with Crippen molar-refractivity contribution in [3.63, 3.8) is 0 Å². The number of benzene rings is 1. The lowest BCUT2D eigenvalue weighted by molar-refractivity contribution is -0.134. The molecule has 2 rings (SSSR count). The first-order valence-electron chi connectivity index (χ1n) is 15.7. The van der Waals surface area contributed by atoms with Crippen molar-refractivity contribution in [3.8, 4) is 0 Å². The predicted octanol–water partition coefficient (Wildman–Crippen LogP) is 6.64. The fourth-order valence-electron chi connectivity index (χ4n) is 5.23. The second-order valence-electron chi connectivity index (χ2n) is 10.4. The average Bonchev–Trinajstić information content (AvgIpc) is 3.00. The number of nitrogens with one attached hydrogen (secondary N) is 1. The molecule has 0 aliphatic heterocycles. The number of amides is 1. The SMILES string of the molecule is CCO[Si](CCCNC(=O)OCCCCCCOC1CCC(c2cccc(C=CC(=O)OC)c2)CC1)(OCC)OCC. The van der Waals surface area contributed by atoms with E-state index in [9.17, 15) is 9.59 Å².